The van der Waals surface area contributed by atoms with Crippen LogP contribution in [0.3, 0.4) is 0 Å². The lowest BCUT2D eigenvalue weighted by molar-refractivity contribution is -0.128. The zero-order valence-electron chi connectivity index (χ0n) is 7.13. The van der Waals surface area contributed by atoms with Crippen molar-refractivity contribution >= 4 is 5.91 Å². The Balaban J connectivity index is 2.26. The minimum absolute atomic E-state index is 0.216. The Morgan fingerprint density at radius 3 is 3.17 bits per heavy atom. The van der Waals surface area contributed by atoms with Crippen molar-refractivity contribution in [2.45, 2.75) is 26.2 Å². The highest BCUT2D eigenvalue weighted by Gasteiger charge is 2.22. The lowest BCUT2D eigenvalue weighted by atomic mass is 10.1. The van der Waals surface area contributed by atoms with Crippen molar-refractivity contribution in [1.29, 1.82) is 0 Å². The van der Waals surface area contributed by atoms with Gasteiger partial charge in [-0.15, -0.1) is 0 Å². The van der Waals surface area contributed by atoms with Gasteiger partial charge in [-0.1, -0.05) is 0 Å². The third kappa shape index (κ3) is 1.11. The number of hydrogen-bond acceptors (Lipinski definition) is 2. The zero-order chi connectivity index (χ0) is 8.55. The van der Waals surface area contributed by atoms with E-state index in [-0.39, 0.29) is 5.91 Å². The third-order valence-corrected chi connectivity index (χ3v) is 2.19. The molecule has 0 radical (unpaired) electrons. The molecule has 2 aliphatic heterocycles. The van der Waals surface area contributed by atoms with Crippen LogP contribution in [0.15, 0.2) is 23.8 Å². The first-order valence-electron chi connectivity index (χ1n) is 4.23. The van der Waals surface area contributed by atoms with Crippen molar-refractivity contribution in [1.82, 2.24) is 10.2 Å². The SMILES string of the molecule is CC1=CN2C(=O)CCCC2=CN1. The predicted octanol–water partition coefficient (Wildman–Crippen LogP) is 1.30. The molecule has 12 heavy (non-hydrogen) atoms. The second-order valence-corrected chi connectivity index (χ2v) is 3.21. The van der Waals surface area contributed by atoms with Crippen LogP contribution in [0.2, 0.25) is 0 Å². The summed E-state index contributed by atoms with van der Waals surface area (Å²) in [7, 11) is 0. The molecule has 0 spiro atoms. The standard InChI is InChI=1S/C9H12N2O/c1-7-6-11-8(5-10-7)3-2-4-9(11)12/h5-6,10H,2-4H2,1H3. The second kappa shape index (κ2) is 2.66. The number of allylic oxidation sites excluding steroid dienone is 2. The summed E-state index contributed by atoms with van der Waals surface area (Å²) in [4.78, 5) is 13.1. The van der Waals surface area contributed by atoms with Crippen molar-refractivity contribution in [3.63, 3.8) is 0 Å². The van der Waals surface area contributed by atoms with Gasteiger partial charge in [0.15, 0.2) is 0 Å². The van der Waals surface area contributed by atoms with Crippen LogP contribution in [-0.2, 0) is 4.79 Å². The number of nitrogens with zero attached hydrogens (tertiary/aromatic N) is 1. The third-order valence-electron chi connectivity index (χ3n) is 2.19. The number of hydrogen-bond donors (Lipinski definition) is 1. The molecule has 0 saturated carbocycles. The largest absolute Gasteiger partial charge is 0.362 e. The monoisotopic (exact) mass is 164 g/mol. The van der Waals surface area contributed by atoms with Crippen LogP contribution in [0, 0.1) is 0 Å². The van der Waals surface area contributed by atoms with E-state index in [0.29, 0.717) is 6.42 Å². The first-order chi connectivity index (χ1) is 5.77. The molecule has 64 valence electrons. The molecule has 1 amide bonds. The van der Waals surface area contributed by atoms with Crippen molar-refractivity contribution in [3.05, 3.63) is 23.8 Å². The smallest absolute Gasteiger partial charge is 0.230 e. The lowest BCUT2D eigenvalue weighted by Gasteiger charge is -2.30. The Hall–Kier alpha value is -1.25. The fourth-order valence-corrected chi connectivity index (χ4v) is 1.55. The number of piperidine rings is 1. The highest BCUT2D eigenvalue weighted by atomic mass is 16.2. The average molecular weight is 164 g/mol. The maximum absolute atomic E-state index is 11.4. The Morgan fingerprint density at radius 2 is 2.33 bits per heavy atom. The first-order valence-corrected chi connectivity index (χ1v) is 4.23. The molecule has 1 fully saturated rings. The fourth-order valence-electron chi connectivity index (χ4n) is 1.55. The number of carbonyl (C=O) groups excluding carboxylic acids is 1. The Kier molecular flexibility index (Phi) is 1.64. The Morgan fingerprint density at radius 1 is 1.50 bits per heavy atom. The molecule has 2 aliphatic rings. The minimum atomic E-state index is 0.216. The molecule has 3 nitrogen and oxygen atoms in total. The summed E-state index contributed by atoms with van der Waals surface area (Å²) in [5, 5.41) is 3.11. The fraction of sp³-hybridized carbons (Fsp3) is 0.444. The molecule has 3 heteroatoms. The molecule has 0 aromatic rings. The molecular weight excluding hydrogens is 152 g/mol. The van der Waals surface area contributed by atoms with Gasteiger partial charge in [-0.3, -0.25) is 9.69 Å². The molecule has 0 aromatic carbocycles. The molecular formula is C9H12N2O. The Labute approximate surface area is 71.7 Å². The topological polar surface area (TPSA) is 32.3 Å². The maximum Gasteiger partial charge on any atom is 0.230 e. The summed E-state index contributed by atoms with van der Waals surface area (Å²) >= 11 is 0. The molecule has 1 saturated heterocycles. The summed E-state index contributed by atoms with van der Waals surface area (Å²) in [5.41, 5.74) is 2.12. The van der Waals surface area contributed by atoms with E-state index in [0.717, 1.165) is 24.2 Å². The van der Waals surface area contributed by atoms with Gasteiger partial charge in [0.1, 0.15) is 0 Å². The second-order valence-electron chi connectivity index (χ2n) is 3.21. The van der Waals surface area contributed by atoms with E-state index in [2.05, 4.69) is 5.32 Å². The van der Waals surface area contributed by atoms with Crippen molar-refractivity contribution < 1.29 is 4.79 Å². The number of carbonyl (C=O) groups is 1. The quantitative estimate of drug-likeness (QED) is 0.585. The summed E-state index contributed by atoms with van der Waals surface area (Å²) in [6, 6.07) is 0. The summed E-state index contributed by atoms with van der Waals surface area (Å²) < 4.78 is 0. The van der Waals surface area contributed by atoms with E-state index in [1.165, 1.54) is 0 Å². The summed E-state index contributed by atoms with van der Waals surface area (Å²) in [6.07, 6.45) is 6.46. The van der Waals surface area contributed by atoms with Crippen LogP contribution in [-0.4, -0.2) is 10.8 Å². The molecule has 2 rings (SSSR count). The van der Waals surface area contributed by atoms with Gasteiger partial charge in [0.2, 0.25) is 5.91 Å². The van der Waals surface area contributed by atoms with Crippen molar-refractivity contribution in [2.75, 3.05) is 0 Å². The summed E-state index contributed by atoms with van der Waals surface area (Å²) in [5.74, 6) is 0.216. The average Bonchev–Trinajstić information content (AvgIpc) is 2.07. The number of fused-ring (bicyclic) bond motifs is 1. The number of amides is 1. The predicted molar refractivity (Wildman–Crippen MR) is 45.7 cm³/mol. The summed E-state index contributed by atoms with van der Waals surface area (Å²) in [6.45, 7) is 1.95. The molecule has 2 heterocycles. The highest BCUT2D eigenvalue weighted by molar-refractivity contribution is 5.80. The van der Waals surface area contributed by atoms with Crippen LogP contribution in [0.5, 0.6) is 0 Å². The van der Waals surface area contributed by atoms with E-state index in [9.17, 15) is 4.79 Å². The van der Waals surface area contributed by atoms with E-state index in [1.807, 2.05) is 19.3 Å². The van der Waals surface area contributed by atoms with Crippen molar-refractivity contribution in [3.8, 4) is 0 Å². The molecule has 0 unspecified atom stereocenters. The maximum atomic E-state index is 11.4. The molecule has 0 aliphatic carbocycles. The molecule has 0 aromatic heterocycles. The van der Waals surface area contributed by atoms with Crippen LogP contribution in [0.25, 0.3) is 0 Å². The van der Waals surface area contributed by atoms with E-state index < -0.39 is 0 Å². The molecule has 0 atom stereocenters. The van der Waals surface area contributed by atoms with E-state index >= 15 is 0 Å². The van der Waals surface area contributed by atoms with Gasteiger partial charge in [-0.25, -0.2) is 0 Å². The van der Waals surface area contributed by atoms with Gasteiger partial charge in [0, 0.05) is 30.2 Å². The Bertz CT molecular complexity index is 278. The van der Waals surface area contributed by atoms with Gasteiger partial charge < -0.3 is 5.32 Å². The molecule has 0 bridgehead atoms. The van der Waals surface area contributed by atoms with E-state index in [1.54, 1.807) is 4.90 Å². The van der Waals surface area contributed by atoms with Crippen LogP contribution < -0.4 is 5.32 Å². The van der Waals surface area contributed by atoms with Crippen LogP contribution in [0.4, 0.5) is 0 Å². The van der Waals surface area contributed by atoms with Crippen molar-refractivity contribution in [2.24, 2.45) is 0 Å². The molecule has 1 N–H and O–H groups in total. The number of rotatable bonds is 0. The number of nitrogens with one attached hydrogen (secondary N) is 1. The van der Waals surface area contributed by atoms with E-state index in [4.69, 9.17) is 0 Å². The zero-order valence-corrected chi connectivity index (χ0v) is 7.13. The first kappa shape index (κ1) is 7.40. The van der Waals surface area contributed by atoms with Gasteiger partial charge in [0.05, 0.1) is 0 Å². The highest BCUT2D eigenvalue weighted by Crippen LogP contribution is 2.23. The van der Waals surface area contributed by atoms with Crippen LogP contribution >= 0.6 is 0 Å². The van der Waals surface area contributed by atoms with Crippen LogP contribution in [0.1, 0.15) is 26.2 Å². The van der Waals surface area contributed by atoms with Gasteiger partial charge in [-0.2, -0.15) is 0 Å². The van der Waals surface area contributed by atoms with Gasteiger partial charge in [0.25, 0.3) is 0 Å². The van der Waals surface area contributed by atoms with Gasteiger partial charge in [-0.05, 0) is 19.8 Å². The van der Waals surface area contributed by atoms with Gasteiger partial charge >= 0.3 is 0 Å². The normalized spacial score (nSPS) is 22.4. The minimum Gasteiger partial charge on any atom is -0.362 e. The lowest BCUT2D eigenvalue weighted by Crippen LogP contribution is -2.33.